The zero-order chi connectivity index (χ0) is 19.3. The number of rotatable bonds is 10. The van der Waals surface area contributed by atoms with Crippen molar-refractivity contribution in [2.24, 2.45) is 10.9 Å². The number of hydrogen-bond acceptors (Lipinski definition) is 3. The van der Waals surface area contributed by atoms with E-state index in [1.165, 1.54) is 90.6 Å². The summed E-state index contributed by atoms with van der Waals surface area (Å²) in [5.41, 5.74) is 0. The Morgan fingerprint density at radius 1 is 0.963 bits per heavy atom. The molecule has 0 radical (unpaired) electrons. The highest BCUT2D eigenvalue weighted by Crippen LogP contribution is 2.12. The van der Waals surface area contributed by atoms with Gasteiger partial charge in [-0.15, -0.1) is 0 Å². The molecule has 5 nitrogen and oxygen atoms in total. The molecule has 2 N–H and O–H groups in total. The first-order valence-corrected chi connectivity index (χ1v) is 11.7. The van der Waals surface area contributed by atoms with Crippen LogP contribution in [0.15, 0.2) is 4.99 Å². The van der Waals surface area contributed by atoms with Gasteiger partial charge in [0.15, 0.2) is 5.96 Å². The number of hydrogen-bond donors (Lipinski definition) is 2. The van der Waals surface area contributed by atoms with Crippen LogP contribution in [0, 0.1) is 5.92 Å². The first-order chi connectivity index (χ1) is 13.2. The van der Waals surface area contributed by atoms with E-state index in [1.807, 2.05) is 0 Å². The maximum absolute atomic E-state index is 4.83. The van der Waals surface area contributed by atoms with Crippen LogP contribution in [0.25, 0.3) is 0 Å². The summed E-state index contributed by atoms with van der Waals surface area (Å²) in [6.07, 6.45) is 10.5. The second kappa shape index (κ2) is 13.4. The molecule has 27 heavy (non-hydrogen) atoms. The fraction of sp³-hybridized carbons (Fsp3) is 0.955. The normalized spacial score (nSPS) is 21.0. The van der Waals surface area contributed by atoms with E-state index >= 15 is 0 Å². The van der Waals surface area contributed by atoms with Crippen molar-refractivity contribution in [2.75, 3.05) is 52.4 Å². The minimum atomic E-state index is 0.574. The molecule has 2 fully saturated rings. The Balaban J connectivity index is 1.59. The van der Waals surface area contributed by atoms with Crippen molar-refractivity contribution in [3.05, 3.63) is 0 Å². The van der Waals surface area contributed by atoms with Crippen LogP contribution in [-0.4, -0.2) is 74.2 Å². The lowest BCUT2D eigenvalue weighted by Crippen LogP contribution is -2.49. The van der Waals surface area contributed by atoms with Crippen LogP contribution >= 0.6 is 0 Å². The van der Waals surface area contributed by atoms with Gasteiger partial charge in [-0.3, -0.25) is 4.99 Å². The van der Waals surface area contributed by atoms with Crippen molar-refractivity contribution in [1.29, 1.82) is 0 Å². The standard InChI is InChI=1S/C22H45N5/c1-4-23-22(25-21-11-17-27(18-12-21)19-20(2)3)24-13-7-5-8-14-26-15-9-6-10-16-26/h20-21H,4-19H2,1-3H3,(H2,23,24,25). The van der Waals surface area contributed by atoms with E-state index in [0.29, 0.717) is 6.04 Å². The molecule has 0 saturated carbocycles. The molecule has 0 unspecified atom stereocenters. The Morgan fingerprint density at radius 3 is 2.37 bits per heavy atom. The van der Waals surface area contributed by atoms with Crippen LogP contribution < -0.4 is 10.6 Å². The fourth-order valence-corrected chi connectivity index (χ4v) is 4.29. The summed E-state index contributed by atoms with van der Waals surface area (Å²) in [6, 6.07) is 0.574. The summed E-state index contributed by atoms with van der Waals surface area (Å²) in [6.45, 7) is 16.3. The van der Waals surface area contributed by atoms with E-state index in [4.69, 9.17) is 4.99 Å². The Hall–Kier alpha value is -0.810. The molecule has 0 aromatic rings. The molecule has 0 bridgehead atoms. The molecule has 0 spiro atoms. The smallest absolute Gasteiger partial charge is 0.191 e. The molecule has 0 aromatic carbocycles. The molecule has 2 aliphatic rings. The first-order valence-electron chi connectivity index (χ1n) is 11.7. The lowest BCUT2D eigenvalue weighted by Gasteiger charge is -2.34. The van der Waals surface area contributed by atoms with E-state index in [2.05, 4.69) is 41.2 Å². The maximum Gasteiger partial charge on any atom is 0.191 e. The van der Waals surface area contributed by atoms with Gasteiger partial charge in [0.25, 0.3) is 0 Å². The number of aliphatic imine (C=N–C) groups is 1. The molecule has 0 aliphatic carbocycles. The van der Waals surface area contributed by atoms with Crippen molar-refractivity contribution < 1.29 is 0 Å². The lowest BCUT2D eigenvalue weighted by molar-refractivity contribution is 0.187. The minimum Gasteiger partial charge on any atom is -0.357 e. The highest BCUT2D eigenvalue weighted by molar-refractivity contribution is 5.80. The average Bonchev–Trinajstić information content (AvgIpc) is 2.66. The maximum atomic E-state index is 4.83. The van der Waals surface area contributed by atoms with Gasteiger partial charge in [0, 0.05) is 38.8 Å². The average molecular weight is 380 g/mol. The molecule has 0 amide bonds. The molecule has 158 valence electrons. The van der Waals surface area contributed by atoms with Gasteiger partial charge in [0.1, 0.15) is 0 Å². The Morgan fingerprint density at radius 2 is 1.70 bits per heavy atom. The predicted molar refractivity (Wildman–Crippen MR) is 118 cm³/mol. The van der Waals surface area contributed by atoms with Crippen LogP contribution in [0.4, 0.5) is 0 Å². The van der Waals surface area contributed by atoms with E-state index in [1.54, 1.807) is 0 Å². The summed E-state index contributed by atoms with van der Waals surface area (Å²) in [4.78, 5) is 10.1. The van der Waals surface area contributed by atoms with Crippen molar-refractivity contribution in [3.8, 4) is 0 Å². The second-order valence-electron chi connectivity index (χ2n) is 8.84. The molecular weight excluding hydrogens is 334 g/mol. The second-order valence-corrected chi connectivity index (χ2v) is 8.84. The molecule has 2 heterocycles. The van der Waals surface area contributed by atoms with Gasteiger partial charge in [-0.25, -0.2) is 0 Å². The number of nitrogens with zero attached hydrogens (tertiary/aromatic N) is 3. The lowest BCUT2D eigenvalue weighted by atomic mass is 10.0. The third-order valence-corrected chi connectivity index (χ3v) is 5.75. The predicted octanol–water partition coefficient (Wildman–Crippen LogP) is 3.32. The van der Waals surface area contributed by atoms with Crippen LogP contribution in [0.1, 0.15) is 72.1 Å². The summed E-state index contributed by atoms with van der Waals surface area (Å²) in [7, 11) is 0. The van der Waals surface area contributed by atoms with Crippen molar-refractivity contribution in [1.82, 2.24) is 20.4 Å². The van der Waals surface area contributed by atoms with Crippen molar-refractivity contribution in [2.45, 2.75) is 78.2 Å². The van der Waals surface area contributed by atoms with Crippen LogP contribution in [0.2, 0.25) is 0 Å². The summed E-state index contributed by atoms with van der Waals surface area (Å²) < 4.78 is 0. The van der Waals surface area contributed by atoms with E-state index in [0.717, 1.165) is 25.0 Å². The Kier molecular flexibility index (Phi) is 11.1. The van der Waals surface area contributed by atoms with E-state index in [-0.39, 0.29) is 0 Å². The Bertz CT molecular complexity index is 396. The quantitative estimate of drug-likeness (QED) is 0.347. The third-order valence-electron chi connectivity index (χ3n) is 5.75. The van der Waals surface area contributed by atoms with E-state index in [9.17, 15) is 0 Å². The Labute approximate surface area is 168 Å². The number of guanidine groups is 1. The van der Waals surface area contributed by atoms with E-state index < -0.39 is 0 Å². The number of unbranched alkanes of at least 4 members (excludes halogenated alkanes) is 2. The van der Waals surface area contributed by atoms with Crippen LogP contribution in [0.5, 0.6) is 0 Å². The largest absolute Gasteiger partial charge is 0.357 e. The fourth-order valence-electron chi connectivity index (χ4n) is 4.29. The zero-order valence-corrected chi connectivity index (χ0v) is 18.3. The van der Waals surface area contributed by atoms with Gasteiger partial charge in [-0.1, -0.05) is 26.7 Å². The van der Waals surface area contributed by atoms with Gasteiger partial charge in [0.2, 0.25) is 0 Å². The van der Waals surface area contributed by atoms with Gasteiger partial charge in [-0.2, -0.15) is 0 Å². The molecule has 0 atom stereocenters. The summed E-state index contributed by atoms with van der Waals surface area (Å²) in [5.74, 6) is 1.79. The van der Waals surface area contributed by atoms with Gasteiger partial charge < -0.3 is 20.4 Å². The van der Waals surface area contributed by atoms with Gasteiger partial charge in [-0.05, 0) is 71.0 Å². The molecule has 2 aliphatic heterocycles. The topological polar surface area (TPSA) is 42.9 Å². The van der Waals surface area contributed by atoms with Crippen LogP contribution in [-0.2, 0) is 0 Å². The van der Waals surface area contributed by atoms with Crippen LogP contribution in [0.3, 0.4) is 0 Å². The zero-order valence-electron chi connectivity index (χ0n) is 18.3. The van der Waals surface area contributed by atoms with Crippen molar-refractivity contribution >= 4 is 5.96 Å². The van der Waals surface area contributed by atoms with Crippen molar-refractivity contribution in [3.63, 3.8) is 0 Å². The molecule has 0 aromatic heterocycles. The van der Waals surface area contributed by atoms with Gasteiger partial charge in [0.05, 0.1) is 0 Å². The number of likely N-dealkylation sites (tertiary alicyclic amines) is 2. The molecule has 2 saturated heterocycles. The highest BCUT2D eigenvalue weighted by atomic mass is 15.2. The molecule has 2 rings (SSSR count). The monoisotopic (exact) mass is 379 g/mol. The summed E-state index contributed by atoms with van der Waals surface area (Å²) >= 11 is 0. The SMILES string of the molecule is CCNC(=NCCCCCN1CCCCC1)NC1CCN(CC(C)C)CC1. The highest BCUT2D eigenvalue weighted by Gasteiger charge is 2.20. The number of piperidine rings is 2. The van der Waals surface area contributed by atoms with Gasteiger partial charge >= 0.3 is 0 Å². The number of nitrogens with one attached hydrogen (secondary N) is 2. The summed E-state index contributed by atoms with van der Waals surface area (Å²) in [5, 5.41) is 7.11. The molecular formula is C22H45N5. The molecule has 5 heteroatoms. The first kappa shape index (κ1) is 22.5. The third kappa shape index (κ3) is 9.79. The minimum absolute atomic E-state index is 0.574.